The van der Waals surface area contributed by atoms with Gasteiger partial charge < -0.3 is 4.90 Å². The van der Waals surface area contributed by atoms with Crippen LogP contribution in [0.15, 0.2) is 59.5 Å². The molecule has 0 spiro atoms. The fourth-order valence-electron chi connectivity index (χ4n) is 3.57. The first kappa shape index (κ1) is 20.0. The predicted octanol–water partition coefficient (Wildman–Crippen LogP) is 3.37. The number of sulfonamides is 1. The fraction of sp³-hybridized carbons (Fsp3) is 0.333. The highest BCUT2D eigenvalue weighted by molar-refractivity contribution is 7.89. The molecule has 3 aromatic rings. The molecule has 1 aliphatic heterocycles. The summed E-state index contributed by atoms with van der Waals surface area (Å²) in [6.45, 7) is 1.48. The van der Waals surface area contributed by atoms with Crippen LogP contribution in [0.4, 0.5) is 0 Å². The van der Waals surface area contributed by atoms with Crippen molar-refractivity contribution >= 4 is 37.5 Å². The fourth-order valence-corrected chi connectivity index (χ4v) is 5.76. The molecule has 152 valence electrons. The van der Waals surface area contributed by atoms with E-state index in [1.165, 1.54) is 16.8 Å². The van der Waals surface area contributed by atoms with Gasteiger partial charge in [0, 0.05) is 32.0 Å². The summed E-state index contributed by atoms with van der Waals surface area (Å²) in [4.78, 5) is 19.3. The molecular formula is C21H23N3O3S2. The van der Waals surface area contributed by atoms with Crippen molar-refractivity contribution in [1.29, 1.82) is 0 Å². The molecule has 1 aromatic heterocycles. The van der Waals surface area contributed by atoms with Gasteiger partial charge in [-0.25, -0.2) is 18.1 Å². The van der Waals surface area contributed by atoms with Crippen molar-refractivity contribution in [2.24, 2.45) is 0 Å². The van der Waals surface area contributed by atoms with Crippen molar-refractivity contribution in [3.8, 4) is 0 Å². The number of hydrogen-bond donors (Lipinski definition) is 1. The highest BCUT2D eigenvalue weighted by atomic mass is 32.2. The topological polar surface area (TPSA) is 79.4 Å². The van der Waals surface area contributed by atoms with E-state index in [-0.39, 0.29) is 23.8 Å². The second-order valence-electron chi connectivity index (χ2n) is 7.14. The molecule has 6 nitrogen and oxygen atoms in total. The Labute approximate surface area is 174 Å². The van der Waals surface area contributed by atoms with E-state index in [0.717, 1.165) is 23.4 Å². The molecule has 2 aromatic carbocycles. The Kier molecular flexibility index (Phi) is 5.94. The third-order valence-corrected chi connectivity index (χ3v) is 7.87. The van der Waals surface area contributed by atoms with Gasteiger partial charge in [0.15, 0.2) is 0 Å². The maximum atomic E-state index is 12.5. The molecule has 4 rings (SSSR count). The second-order valence-corrected chi connectivity index (χ2v) is 9.96. The summed E-state index contributed by atoms with van der Waals surface area (Å²) in [6.07, 6.45) is 1.94. The van der Waals surface area contributed by atoms with Gasteiger partial charge in [0.25, 0.3) is 0 Å². The Bertz CT molecular complexity index is 1060. The van der Waals surface area contributed by atoms with Crippen LogP contribution in [0.5, 0.6) is 0 Å². The second kappa shape index (κ2) is 8.61. The standard InChI is InChI=1S/C21H23N3O3S2/c25-20(10-13-22-29(26,27)17-6-2-1-3-7-17)24-14-11-16(12-15-24)21-23-18-8-4-5-9-19(18)28-21/h1-9,16,22H,10-15H2. The number of carbonyl (C=O) groups is 1. The average Bonchev–Trinajstić information content (AvgIpc) is 3.18. The van der Waals surface area contributed by atoms with Crippen molar-refractivity contribution in [2.45, 2.75) is 30.1 Å². The molecule has 8 heteroatoms. The summed E-state index contributed by atoms with van der Waals surface area (Å²) >= 11 is 1.74. The van der Waals surface area contributed by atoms with Gasteiger partial charge in [-0.05, 0) is 37.1 Å². The lowest BCUT2D eigenvalue weighted by molar-refractivity contribution is -0.132. The molecule has 0 radical (unpaired) electrons. The van der Waals surface area contributed by atoms with Crippen LogP contribution in [0.3, 0.4) is 0 Å². The number of nitrogens with zero attached hydrogens (tertiary/aromatic N) is 2. The number of rotatable bonds is 6. The Morgan fingerprint density at radius 2 is 1.76 bits per heavy atom. The number of hydrogen-bond acceptors (Lipinski definition) is 5. The number of likely N-dealkylation sites (tertiary alicyclic amines) is 1. The quantitative estimate of drug-likeness (QED) is 0.652. The van der Waals surface area contributed by atoms with Gasteiger partial charge >= 0.3 is 0 Å². The maximum absolute atomic E-state index is 12.5. The van der Waals surface area contributed by atoms with E-state index in [1.807, 2.05) is 23.1 Å². The molecule has 1 amide bonds. The van der Waals surface area contributed by atoms with E-state index in [2.05, 4.69) is 10.8 Å². The summed E-state index contributed by atoms with van der Waals surface area (Å²) in [5.74, 6) is 0.372. The highest BCUT2D eigenvalue weighted by Gasteiger charge is 2.26. The van der Waals surface area contributed by atoms with E-state index in [1.54, 1.807) is 29.5 Å². The van der Waals surface area contributed by atoms with E-state index in [9.17, 15) is 13.2 Å². The summed E-state index contributed by atoms with van der Waals surface area (Å²) in [7, 11) is -3.57. The lowest BCUT2D eigenvalue weighted by atomic mass is 9.97. The van der Waals surface area contributed by atoms with Crippen LogP contribution in [0.2, 0.25) is 0 Å². The number of carbonyl (C=O) groups excluding carboxylic acids is 1. The number of amides is 1. The van der Waals surface area contributed by atoms with Crippen molar-refractivity contribution in [1.82, 2.24) is 14.6 Å². The SMILES string of the molecule is O=C(CCNS(=O)(=O)c1ccccc1)N1CCC(c2nc3ccccc3s2)CC1. The number of benzene rings is 2. The monoisotopic (exact) mass is 429 g/mol. The first-order chi connectivity index (χ1) is 14.0. The van der Waals surface area contributed by atoms with Crippen LogP contribution in [-0.2, 0) is 14.8 Å². The summed E-state index contributed by atoms with van der Waals surface area (Å²) in [5.41, 5.74) is 1.04. The van der Waals surface area contributed by atoms with Gasteiger partial charge in [-0.2, -0.15) is 0 Å². The van der Waals surface area contributed by atoms with Gasteiger partial charge in [0.2, 0.25) is 15.9 Å². The number of piperidine rings is 1. The van der Waals surface area contributed by atoms with Crippen LogP contribution in [-0.4, -0.2) is 43.8 Å². The maximum Gasteiger partial charge on any atom is 0.240 e. The third kappa shape index (κ3) is 4.66. The molecule has 1 saturated heterocycles. The average molecular weight is 430 g/mol. The minimum absolute atomic E-state index is 0.0106. The Morgan fingerprint density at radius 3 is 2.48 bits per heavy atom. The van der Waals surface area contributed by atoms with Crippen molar-refractivity contribution in [3.63, 3.8) is 0 Å². The number of para-hydroxylation sites is 1. The number of fused-ring (bicyclic) bond motifs is 1. The normalized spacial score (nSPS) is 15.7. The summed E-state index contributed by atoms with van der Waals surface area (Å²) in [5, 5.41) is 1.15. The van der Waals surface area contributed by atoms with E-state index < -0.39 is 10.0 Å². The lowest BCUT2D eigenvalue weighted by Gasteiger charge is -2.31. The zero-order valence-electron chi connectivity index (χ0n) is 16.0. The largest absolute Gasteiger partial charge is 0.343 e. The minimum atomic E-state index is -3.57. The summed E-state index contributed by atoms with van der Waals surface area (Å²) < 4.78 is 28.2. The molecule has 0 bridgehead atoms. The molecular weight excluding hydrogens is 406 g/mol. The first-order valence-corrected chi connectivity index (χ1v) is 12.0. The molecule has 1 aliphatic rings. The van der Waals surface area contributed by atoms with Crippen LogP contribution in [0.25, 0.3) is 10.2 Å². The predicted molar refractivity (Wildman–Crippen MR) is 114 cm³/mol. The molecule has 1 N–H and O–H groups in total. The van der Waals surface area contributed by atoms with Gasteiger partial charge in [-0.1, -0.05) is 30.3 Å². The van der Waals surface area contributed by atoms with Crippen molar-refractivity contribution in [2.75, 3.05) is 19.6 Å². The zero-order valence-corrected chi connectivity index (χ0v) is 17.6. The highest BCUT2D eigenvalue weighted by Crippen LogP contribution is 2.33. The number of thiazole rings is 1. The van der Waals surface area contributed by atoms with Crippen molar-refractivity contribution < 1.29 is 13.2 Å². The summed E-state index contributed by atoms with van der Waals surface area (Å²) in [6, 6.07) is 16.3. The van der Waals surface area contributed by atoms with Gasteiger partial charge in [-0.15, -0.1) is 11.3 Å². The molecule has 2 heterocycles. The molecule has 0 unspecified atom stereocenters. The van der Waals surface area contributed by atoms with Gasteiger partial charge in [0.05, 0.1) is 20.1 Å². The Morgan fingerprint density at radius 1 is 1.07 bits per heavy atom. The van der Waals surface area contributed by atoms with E-state index in [0.29, 0.717) is 19.0 Å². The number of aromatic nitrogens is 1. The third-order valence-electron chi connectivity index (χ3n) is 5.19. The smallest absolute Gasteiger partial charge is 0.240 e. The molecule has 1 fully saturated rings. The van der Waals surface area contributed by atoms with E-state index >= 15 is 0 Å². The lowest BCUT2D eigenvalue weighted by Crippen LogP contribution is -2.39. The molecule has 0 aliphatic carbocycles. The van der Waals surface area contributed by atoms with Crippen LogP contribution in [0.1, 0.15) is 30.2 Å². The molecule has 29 heavy (non-hydrogen) atoms. The van der Waals surface area contributed by atoms with Gasteiger partial charge in [-0.3, -0.25) is 4.79 Å². The molecule has 0 saturated carbocycles. The Hall–Kier alpha value is -2.29. The zero-order chi connectivity index (χ0) is 20.3. The van der Waals surface area contributed by atoms with Crippen LogP contribution < -0.4 is 4.72 Å². The van der Waals surface area contributed by atoms with Crippen LogP contribution in [0, 0.1) is 0 Å². The van der Waals surface area contributed by atoms with Crippen LogP contribution >= 0.6 is 11.3 Å². The van der Waals surface area contributed by atoms with Gasteiger partial charge in [0.1, 0.15) is 0 Å². The Balaban J connectivity index is 1.27. The molecule has 0 atom stereocenters. The minimum Gasteiger partial charge on any atom is -0.343 e. The van der Waals surface area contributed by atoms with Crippen molar-refractivity contribution in [3.05, 3.63) is 59.6 Å². The number of nitrogens with one attached hydrogen (secondary N) is 1. The first-order valence-electron chi connectivity index (χ1n) is 9.71. The van der Waals surface area contributed by atoms with E-state index in [4.69, 9.17) is 4.98 Å².